The second kappa shape index (κ2) is 10.9. The number of thiophene rings is 1. The first kappa shape index (κ1) is 21.2. The lowest BCUT2D eigenvalue weighted by Gasteiger charge is -2.30. The molecule has 148 valence electrons. The van der Waals surface area contributed by atoms with Crippen molar-refractivity contribution in [2.45, 2.75) is 59.2 Å². The molecular formula is C20H37N5S. The average molecular weight is 380 g/mol. The molecule has 2 N–H and O–H groups in total. The van der Waals surface area contributed by atoms with Gasteiger partial charge >= 0.3 is 0 Å². The molecule has 0 amide bonds. The molecule has 1 aromatic heterocycles. The Labute approximate surface area is 163 Å². The lowest BCUT2D eigenvalue weighted by molar-refractivity contribution is 0.173. The number of guanidine groups is 1. The molecule has 0 spiro atoms. The van der Waals surface area contributed by atoms with Crippen molar-refractivity contribution >= 4 is 17.3 Å². The van der Waals surface area contributed by atoms with Crippen LogP contribution in [0.5, 0.6) is 0 Å². The van der Waals surface area contributed by atoms with Crippen LogP contribution in [-0.2, 0) is 13.0 Å². The van der Waals surface area contributed by atoms with Crippen molar-refractivity contribution in [2.24, 2.45) is 4.99 Å². The van der Waals surface area contributed by atoms with Crippen LogP contribution in [0.3, 0.4) is 0 Å². The van der Waals surface area contributed by atoms with Gasteiger partial charge in [0.2, 0.25) is 0 Å². The van der Waals surface area contributed by atoms with Crippen molar-refractivity contribution in [3.8, 4) is 0 Å². The number of nitrogens with one attached hydrogen (secondary N) is 2. The Balaban J connectivity index is 1.61. The second-order valence-electron chi connectivity index (χ2n) is 7.60. The van der Waals surface area contributed by atoms with E-state index >= 15 is 0 Å². The molecule has 0 bridgehead atoms. The average Bonchev–Trinajstić information content (AvgIpc) is 3.07. The lowest BCUT2D eigenvalue weighted by atomic mass is 10.1. The van der Waals surface area contributed by atoms with E-state index in [2.05, 4.69) is 64.6 Å². The molecule has 0 aromatic carbocycles. The highest BCUT2D eigenvalue weighted by atomic mass is 32.1. The van der Waals surface area contributed by atoms with Crippen LogP contribution in [0.25, 0.3) is 0 Å². The van der Waals surface area contributed by atoms with Crippen LogP contribution in [0.15, 0.2) is 16.4 Å². The van der Waals surface area contributed by atoms with Crippen molar-refractivity contribution in [3.05, 3.63) is 21.9 Å². The topological polar surface area (TPSA) is 42.9 Å². The van der Waals surface area contributed by atoms with Crippen molar-refractivity contribution in [3.63, 3.8) is 0 Å². The zero-order chi connectivity index (χ0) is 18.9. The summed E-state index contributed by atoms with van der Waals surface area (Å²) in [6, 6.07) is 3.47. The van der Waals surface area contributed by atoms with E-state index < -0.39 is 0 Å². The Morgan fingerprint density at radius 1 is 1.23 bits per heavy atom. The monoisotopic (exact) mass is 379 g/mol. The van der Waals surface area contributed by atoms with Gasteiger partial charge < -0.3 is 10.6 Å². The van der Waals surface area contributed by atoms with Gasteiger partial charge in [-0.3, -0.25) is 14.8 Å². The molecule has 1 aliphatic heterocycles. The summed E-state index contributed by atoms with van der Waals surface area (Å²) in [6.45, 7) is 15.4. The summed E-state index contributed by atoms with van der Waals surface area (Å²) in [5.74, 6) is 0.916. The zero-order valence-electron chi connectivity index (χ0n) is 17.2. The normalized spacial score (nSPS) is 15.8. The fraction of sp³-hybridized carbons (Fsp3) is 0.750. The highest BCUT2D eigenvalue weighted by molar-refractivity contribution is 7.10. The lowest BCUT2D eigenvalue weighted by Crippen LogP contribution is -2.43. The molecule has 0 fully saturated rings. The Morgan fingerprint density at radius 3 is 2.65 bits per heavy atom. The third-order valence-electron chi connectivity index (χ3n) is 5.04. The predicted octanol–water partition coefficient (Wildman–Crippen LogP) is 2.78. The number of nitrogens with zero attached hydrogens (tertiary/aromatic N) is 3. The maximum absolute atomic E-state index is 4.35. The van der Waals surface area contributed by atoms with Crippen LogP contribution in [0.2, 0.25) is 0 Å². The SMILES string of the molecule is CN=C(NCCCN(C(C)C)C(C)C)NCCN1CCc2sccc2C1. The molecular weight excluding hydrogens is 342 g/mol. The molecule has 0 saturated carbocycles. The second-order valence-corrected chi connectivity index (χ2v) is 8.60. The van der Waals surface area contributed by atoms with Gasteiger partial charge in [0.05, 0.1) is 0 Å². The number of aliphatic imine (C=N–C) groups is 1. The summed E-state index contributed by atoms with van der Waals surface area (Å²) < 4.78 is 0. The summed E-state index contributed by atoms with van der Waals surface area (Å²) >= 11 is 1.90. The molecule has 0 aliphatic carbocycles. The minimum atomic E-state index is 0.598. The van der Waals surface area contributed by atoms with Crippen molar-refractivity contribution < 1.29 is 0 Å². The van der Waals surface area contributed by atoms with Crippen molar-refractivity contribution in [2.75, 3.05) is 39.8 Å². The summed E-state index contributed by atoms with van der Waals surface area (Å²) in [5.41, 5.74) is 1.52. The molecule has 0 unspecified atom stereocenters. The van der Waals surface area contributed by atoms with E-state index in [9.17, 15) is 0 Å². The standard InChI is InChI=1S/C20H37N5S/c1-16(2)25(17(3)4)11-6-9-22-20(21-5)23-10-13-24-12-7-19-18(15-24)8-14-26-19/h8,14,16-17H,6-7,9-13,15H2,1-5H3,(H2,21,22,23). The van der Waals surface area contributed by atoms with E-state index in [1.54, 1.807) is 4.88 Å². The van der Waals surface area contributed by atoms with Gasteiger partial charge in [0.15, 0.2) is 5.96 Å². The molecule has 1 aliphatic rings. The molecule has 0 atom stereocenters. The first-order chi connectivity index (χ1) is 12.5. The number of hydrogen-bond acceptors (Lipinski definition) is 4. The van der Waals surface area contributed by atoms with E-state index in [1.807, 2.05) is 18.4 Å². The highest BCUT2D eigenvalue weighted by Gasteiger charge is 2.16. The smallest absolute Gasteiger partial charge is 0.191 e. The van der Waals surface area contributed by atoms with Crippen LogP contribution < -0.4 is 10.6 Å². The summed E-state index contributed by atoms with van der Waals surface area (Å²) in [6.07, 6.45) is 2.33. The molecule has 0 radical (unpaired) electrons. The highest BCUT2D eigenvalue weighted by Crippen LogP contribution is 2.23. The largest absolute Gasteiger partial charge is 0.356 e. The Bertz CT molecular complexity index is 544. The van der Waals surface area contributed by atoms with Gasteiger partial charge in [-0.1, -0.05) is 0 Å². The molecule has 0 saturated heterocycles. The Kier molecular flexibility index (Phi) is 8.88. The Hall–Kier alpha value is -1.11. The summed E-state index contributed by atoms with van der Waals surface area (Å²) in [4.78, 5) is 11.0. The quantitative estimate of drug-likeness (QED) is 0.393. The third kappa shape index (κ3) is 6.56. The minimum absolute atomic E-state index is 0.598. The van der Waals surface area contributed by atoms with E-state index in [1.165, 1.54) is 18.5 Å². The van der Waals surface area contributed by atoms with Crippen molar-refractivity contribution in [1.29, 1.82) is 0 Å². The number of rotatable bonds is 9. The maximum atomic E-state index is 4.35. The van der Waals surface area contributed by atoms with Gasteiger partial charge in [-0.2, -0.15) is 0 Å². The Morgan fingerprint density at radius 2 is 1.96 bits per heavy atom. The first-order valence-electron chi connectivity index (χ1n) is 9.99. The number of hydrogen-bond donors (Lipinski definition) is 2. The van der Waals surface area contributed by atoms with Crippen molar-refractivity contribution in [1.82, 2.24) is 20.4 Å². The predicted molar refractivity (Wildman–Crippen MR) is 114 cm³/mol. The minimum Gasteiger partial charge on any atom is -0.356 e. The fourth-order valence-electron chi connectivity index (χ4n) is 3.63. The zero-order valence-corrected chi connectivity index (χ0v) is 18.0. The van der Waals surface area contributed by atoms with Gasteiger partial charge in [-0.15, -0.1) is 11.3 Å². The van der Waals surface area contributed by atoms with E-state index in [0.717, 1.165) is 45.1 Å². The number of fused-ring (bicyclic) bond motifs is 1. The van der Waals surface area contributed by atoms with Gasteiger partial charge in [0.25, 0.3) is 0 Å². The van der Waals surface area contributed by atoms with Crippen LogP contribution >= 0.6 is 11.3 Å². The molecule has 5 nitrogen and oxygen atoms in total. The molecule has 26 heavy (non-hydrogen) atoms. The van der Waals surface area contributed by atoms with Gasteiger partial charge in [-0.25, -0.2) is 0 Å². The summed E-state index contributed by atoms with van der Waals surface area (Å²) in [5, 5.41) is 9.12. The maximum Gasteiger partial charge on any atom is 0.191 e. The van der Waals surface area contributed by atoms with Gasteiger partial charge in [0.1, 0.15) is 0 Å². The van der Waals surface area contributed by atoms with Gasteiger partial charge in [0, 0.05) is 63.3 Å². The van der Waals surface area contributed by atoms with Crippen LogP contribution in [0.4, 0.5) is 0 Å². The summed E-state index contributed by atoms with van der Waals surface area (Å²) in [7, 11) is 1.85. The van der Waals surface area contributed by atoms with E-state index in [0.29, 0.717) is 12.1 Å². The third-order valence-corrected chi connectivity index (χ3v) is 6.07. The molecule has 1 aromatic rings. The molecule has 6 heteroatoms. The fourth-order valence-corrected chi connectivity index (χ4v) is 4.52. The van der Waals surface area contributed by atoms with Crippen LogP contribution in [0, 0.1) is 0 Å². The van der Waals surface area contributed by atoms with Crippen LogP contribution in [0.1, 0.15) is 44.6 Å². The van der Waals surface area contributed by atoms with Gasteiger partial charge in [-0.05, 0) is 57.5 Å². The molecule has 2 heterocycles. The molecule has 2 rings (SSSR count). The van der Waals surface area contributed by atoms with Crippen LogP contribution in [-0.4, -0.2) is 67.6 Å². The van der Waals surface area contributed by atoms with E-state index in [4.69, 9.17) is 0 Å². The first-order valence-corrected chi connectivity index (χ1v) is 10.9. The van der Waals surface area contributed by atoms with E-state index in [-0.39, 0.29) is 0 Å².